The predicted molar refractivity (Wildman–Crippen MR) is 53.8 cm³/mol. The van der Waals surface area contributed by atoms with Crippen molar-refractivity contribution in [2.24, 2.45) is 0 Å². The smallest absolute Gasteiger partial charge is 0.128 e. The maximum atomic E-state index is 4.37. The van der Waals surface area contributed by atoms with Crippen molar-refractivity contribution < 1.29 is 0 Å². The van der Waals surface area contributed by atoms with Gasteiger partial charge in [-0.25, -0.2) is 9.97 Å². The topological polar surface area (TPSA) is 37.8 Å². The van der Waals surface area contributed by atoms with E-state index in [1.165, 1.54) is 0 Å². The van der Waals surface area contributed by atoms with Crippen molar-refractivity contribution in [3.63, 3.8) is 0 Å². The number of aromatic nitrogens is 2. The maximum absolute atomic E-state index is 4.37. The van der Waals surface area contributed by atoms with E-state index in [0.717, 1.165) is 36.6 Å². The average molecular weight is 179 g/mol. The molecule has 0 aliphatic rings. The third-order valence-electron chi connectivity index (χ3n) is 1.86. The number of hydrogen-bond acceptors (Lipinski definition) is 3. The third kappa shape index (κ3) is 3.51. The molecule has 0 atom stereocenters. The summed E-state index contributed by atoms with van der Waals surface area (Å²) in [4.78, 5) is 8.73. The highest BCUT2D eigenvalue weighted by Gasteiger charge is 1.98. The minimum atomic E-state index is 0.962. The van der Waals surface area contributed by atoms with Crippen molar-refractivity contribution in [2.75, 3.05) is 13.6 Å². The van der Waals surface area contributed by atoms with Crippen LogP contribution >= 0.6 is 0 Å². The lowest BCUT2D eigenvalue weighted by Gasteiger charge is -2.02. The summed E-state index contributed by atoms with van der Waals surface area (Å²) in [5.41, 5.74) is 2.12. The van der Waals surface area contributed by atoms with Crippen molar-refractivity contribution in [3.05, 3.63) is 23.3 Å². The Balaban J connectivity index is 2.56. The minimum absolute atomic E-state index is 0.962. The van der Waals surface area contributed by atoms with E-state index in [1.807, 2.05) is 27.0 Å². The molecule has 0 amide bonds. The van der Waals surface area contributed by atoms with Gasteiger partial charge in [-0.3, -0.25) is 0 Å². The van der Waals surface area contributed by atoms with Crippen molar-refractivity contribution in [1.29, 1.82) is 0 Å². The second kappa shape index (κ2) is 4.92. The number of nitrogens with zero attached hydrogens (tertiary/aromatic N) is 2. The molecule has 0 aromatic carbocycles. The molecule has 1 N–H and O–H groups in total. The van der Waals surface area contributed by atoms with Gasteiger partial charge in [0.05, 0.1) is 0 Å². The van der Waals surface area contributed by atoms with Crippen LogP contribution in [0.25, 0.3) is 0 Å². The van der Waals surface area contributed by atoms with Crippen LogP contribution in [0, 0.1) is 13.8 Å². The Labute approximate surface area is 79.6 Å². The molecule has 0 saturated carbocycles. The molecule has 0 bridgehead atoms. The monoisotopic (exact) mass is 179 g/mol. The minimum Gasteiger partial charge on any atom is -0.320 e. The molecule has 3 heteroatoms. The van der Waals surface area contributed by atoms with E-state index in [1.54, 1.807) is 0 Å². The summed E-state index contributed by atoms with van der Waals surface area (Å²) in [5.74, 6) is 0.966. The molecular formula is C10H17N3. The van der Waals surface area contributed by atoms with Gasteiger partial charge in [0, 0.05) is 17.8 Å². The van der Waals surface area contributed by atoms with E-state index < -0.39 is 0 Å². The molecule has 0 aliphatic heterocycles. The zero-order valence-electron chi connectivity index (χ0n) is 8.59. The van der Waals surface area contributed by atoms with Crippen molar-refractivity contribution in [1.82, 2.24) is 15.3 Å². The van der Waals surface area contributed by atoms with Crippen molar-refractivity contribution in [3.8, 4) is 0 Å². The zero-order valence-corrected chi connectivity index (χ0v) is 8.59. The van der Waals surface area contributed by atoms with Crippen LogP contribution in [0.15, 0.2) is 6.07 Å². The van der Waals surface area contributed by atoms with Gasteiger partial charge in [-0.05, 0) is 39.9 Å². The first kappa shape index (κ1) is 10.1. The quantitative estimate of drug-likeness (QED) is 0.707. The normalized spacial score (nSPS) is 10.4. The van der Waals surface area contributed by atoms with E-state index >= 15 is 0 Å². The summed E-state index contributed by atoms with van der Waals surface area (Å²) < 4.78 is 0. The maximum Gasteiger partial charge on any atom is 0.128 e. The van der Waals surface area contributed by atoms with E-state index in [0.29, 0.717) is 0 Å². The van der Waals surface area contributed by atoms with E-state index in [-0.39, 0.29) is 0 Å². The molecule has 1 rings (SSSR count). The molecule has 1 aromatic rings. The van der Waals surface area contributed by atoms with Gasteiger partial charge in [0.2, 0.25) is 0 Å². The lowest BCUT2D eigenvalue weighted by molar-refractivity contribution is 0.698. The summed E-state index contributed by atoms with van der Waals surface area (Å²) in [5, 5.41) is 3.11. The number of rotatable bonds is 4. The third-order valence-corrected chi connectivity index (χ3v) is 1.86. The Morgan fingerprint density at radius 2 is 1.85 bits per heavy atom. The van der Waals surface area contributed by atoms with Crippen molar-refractivity contribution in [2.45, 2.75) is 26.7 Å². The highest BCUT2D eigenvalue weighted by molar-refractivity contribution is 5.08. The van der Waals surface area contributed by atoms with Crippen LogP contribution in [0.1, 0.15) is 23.6 Å². The lowest BCUT2D eigenvalue weighted by Crippen LogP contribution is -2.09. The van der Waals surface area contributed by atoms with Gasteiger partial charge in [-0.1, -0.05) is 0 Å². The fraction of sp³-hybridized carbons (Fsp3) is 0.600. The van der Waals surface area contributed by atoms with E-state index in [9.17, 15) is 0 Å². The Kier molecular flexibility index (Phi) is 3.83. The molecule has 0 radical (unpaired) electrons. The van der Waals surface area contributed by atoms with Crippen LogP contribution in [0.2, 0.25) is 0 Å². The Hall–Kier alpha value is -0.960. The molecule has 3 nitrogen and oxygen atoms in total. The standard InChI is InChI=1S/C10H17N3/c1-8-7-9(2)13-10(12-8)5-4-6-11-3/h7,11H,4-6H2,1-3H3. The first-order valence-electron chi connectivity index (χ1n) is 4.68. The second-order valence-corrected chi connectivity index (χ2v) is 3.27. The molecule has 0 spiro atoms. The zero-order chi connectivity index (χ0) is 9.68. The summed E-state index contributed by atoms with van der Waals surface area (Å²) in [6, 6.07) is 2.00. The Bertz CT molecular complexity index is 251. The predicted octanol–water partition coefficient (Wildman–Crippen LogP) is 1.25. The molecular weight excluding hydrogens is 162 g/mol. The largest absolute Gasteiger partial charge is 0.320 e. The van der Waals surface area contributed by atoms with Gasteiger partial charge in [-0.15, -0.1) is 0 Å². The molecule has 0 unspecified atom stereocenters. The summed E-state index contributed by atoms with van der Waals surface area (Å²) in [6.07, 6.45) is 2.06. The molecule has 13 heavy (non-hydrogen) atoms. The molecule has 72 valence electrons. The van der Waals surface area contributed by atoms with Crippen LogP contribution in [0.3, 0.4) is 0 Å². The molecule has 0 saturated heterocycles. The van der Waals surface area contributed by atoms with Gasteiger partial charge < -0.3 is 5.32 Å². The first-order chi connectivity index (χ1) is 6.22. The Morgan fingerprint density at radius 1 is 1.23 bits per heavy atom. The first-order valence-corrected chi connectivity index (χ1v) is 4.68. The van der Waals surface area contributed by atoms with Crippen LogP contribution in [0.4, 0.5) is 0 Å². The molecule has 1 heterocycles. The summed E-state index contributed by atoms with van der Waals surface area (Å²) >= 11 is 0. The van der Waals surface area contributed by atoms with Crippen LogP contribution in [-0.2, 0) is 6.42 Å². The lowest BCUT2D eigenvalue weighted by atomic mass is 10.2. The number of nitrogens with one attached hydrogen (secondary N) is 1. The van der Waals surface area contributed by atoms with Gasteiger partial charge in [0.15, 0.2) is 0 Å². The Morgan fingerprint density at radius 3 is 2.38 bits per heavy atom. The second-order valence-electron chi connectivity index (χ2n) is 3.27. The average Bonchev–Trinajstić information content (AvgIpc) is 2.03. The molecule has 1 aromatic heterocycles. The van der Waals surface area contributed by atoms with Crippen LogP contribution < -0.4 is 5.32 Å². The van der Waals surface area contributed by atoms with Gasteiger partial charge >= 0.3 is 0 Å². The number of aryl methyl sites for hydroxylation is 3. The summed E-state index contributed by atoms with van der Waals surface area (Å²) in [7, 11) is 1.96. The van der Waals surface area contributed by atoms with Crippen LogP contribution in [0.5, 0.6) is 0 Å². The summed E-state index contributed by atoms with van der Waals surface area (Å²) in [6.45, 7) is 5.04. The van der Waals surface area contributed by atoms with E-state index in [4.69, 9.17) is 0 Å². The van der Waals surface area contributed by atoms with Gasteiger partial charge in [0.25, 0.3) is 0 Å². The van der Waals surface area contributed by atoms with Gasteiger partial charge in [0.1, 0.15) is 5.82 Å². The fourth-order valence-corrected chi connectivity index (χ4v) is 1.33. The fourth-order valence-electron chi connectivity index (χ4n) is 1.33. The molecule has 0 aliphatic carbocycles. The van der Waals surface area contributed by atoms with Gasteiger partial charge in [-0.2, -0.15) is 0 Å². The highest BCUT2D eigenvalue weighted by atomic mass is 14.9. The molecule has 0 fully saturated rings. The SMILES string of the molecule is CNCCCc1nc(C)cc(C)n1. The highest BCUT2D eigenvalue weighted by Crippen LogP contribution is 2.01. The van der Waals surface area contributed by atoms with E-state index in [2.05, 4.69) is 15.3 Å². The van der Waals surface area contributed by atoms with Crippen LogP contribution in [-0.4, -0.2) is 23.6 Å². The van der Waals surface area contributed by atoms with Crippen molar-refractivity contribution >= 4 is 0 Å². The number of hydrogen-bond donors (Lipinski definition) is 1.